The Morgan fingerprint density at radius 3 is 2.88 bits per heavy atom. The van der Waals surface area contributed by atoms with Crippen LogP contribution in [0.3, 0.4) is 0 Å². The Hall–Kier alpha value is -1.82. The number of aryl methyl sites for hydroxylation is 1. The number of carbonyl (C=O) groups is 1. The molecule has 3 nitrogen and oxygen atoms in total. The van der Waals surface area contributed by atoms with E-state index in [0.717, 1.165) is 17.7 Å². The van der Waals surface area contributed by atoms with E-state index in [2.05, 4.69) is 19.1 Å². The number of likely N-dealkylation sites (N-methyl/N-ethyl adjacent to an activating group) is 1. The molecule has 1 unspecified atom stereocenters. The highest BCUT2D eigenvalue weighted by Crippen LogP contribution is 2.38. The van der Waals surface area contributed by atoms with Crippen molar-refractivity contribution >= 4 is 11.6 Å². The monoisotopic (exact) mass is 214 g/mol. The van der Waals surface area contributed by atoms with Crippen LogP contribution in [0.1, 0.15) is 30.4 Å². The zero-order valence-electron chi connectivity index (χ0n) is 9.53. The van der Waals surface area contributed by atoms with Crippen LogP contribution in [0.15, 0.2) is 18.2 Å². The normalized spacial score (nSPS) is 18.4. The molecular weight excluding hydrogens is 200 g/mol. The summed E-state index contributed by atoms with van der Waals surface area (Å²) >= 11 is 0. The molecule has 0 aliphatic carbocycles. The van der Waals surface area contributed by atoms with Crippen molar-refractivity contribution in [3.63, 3.8) is 0 Å². The standard InChI is InChI=1S/C13H14N2O/c1-3-9-4-5-12-11(8-9)10(6-7-14)13(16)15(12)2/h4-5,8,10H,3,6H2,1-2H3. The molecule has 1 aromatic rings. The van der Waals surface area contributed by atoms with Crippen molar-refractivity contribution in [3.05, 3.63) is 29.3 Å². The highest BCUT2D eigenvalue weighted by atomic mass is 16.2. The summed E-state index contributed by atoms with van der Waals surface area (Å²) < 4.78 is 0. The first-order chi connectivity index (χ1) is 7.69. The summed E-state index contributed by atoms with van der Waals surface area (Å²) in [7, 11) is 1.77. The minimum Gasteiger partial charge on any atom is -0.315 e. The number of amides is 1. The van der Waals surface area contributed by atoms with Crippen molar-refractivity contribution in [3.8, 4) is 6.07 Å². The van der Waals surface area contributed by atoms with E-state index in [1.54, 1.807) is 11.9 Å². The average molecular weight is 214 g/mol. The number of anilines is 1. The number of hydrogen-bond donors (Lipinski definition) is 0. The third kappa shape index (κ3) is 1.47. The molecule has 0 aromatic heterocycles. The summed E-state index contributed by atoms with van der Waals surface area (Å²) in [5.74, 6) is -0.235. The molecular formula is C13H14N2O. The Morgan fingerprint density at radius 1 is 1.50 bits per heavy atom. The molecule has 1 atom stereocenters. The zero-order valence-corrected chi connectivity index (χ0v) is 9.53. The number of rotatable bonds is 2. The van der Waals surface area contributed by atoms with E-state index < -0.39 is 0 Å². The lowest BCUT2D eigenvalue weighted by Crippen LogP contribution is -2.23. The van der Waals surface area contributed by atoms with E-state index in [1.807, 2.05) is 12.1 Å². The topological polar surface area (TPSA) is 44.1 Å². The molecule has 0 saturated carbocycles. The van der Waals surface area contributed by atoms with Gasteiger partial charge in [0.15, 0.2) is 0 Å². The summed E-state index contributed by atoms with van der Waals surface area (Å²) in [4.78, 5) is 13.6. The van der Waals surface area contributed by atoms with Crippen molar-refractivity contribution in [2.45, 2.75) is 25.7 Å². The van der Waals surface area contributed by atoms with Crippen LogP contribution in [0.4, 0.5) is 5.69 Å². The van der Waals surface area contributed by atoms with Crippen molar-refractivity contribution in [2.24, 2.45) is 0 Å². The Kier molecular flexibility index (Phi) is 2.66. The molecule has 0 N–H and O–H groups in total. The first kappa shape index (κ1) is 10.7. The highest BCUT2D eigenvalue weighted by Gasteiger charge is 2.34. The molecule has 3 heteroatoms. The SMILES string of the molecule is CCc1ccc2c(c1)C(CC#N)C(=O)N2C. The summed E-state index contributed by atoms with van der Waals surface area (Å²) in [6, 6.07) is 8.16. The highest BCUT2D eigenvalue weighted by molar-refractivity contribution is 6.04. The lowest BCUT2D eigenvalue weighted by molar-refractivity contribution is -0.118. The summed E-state index contributed by atoms with van der Waals surface area (Å²) in [5, 5.41) is 8.76. The number of hydrogen-bond acceptors (Lipinski definition) is 2. The number of nitrogens with zero attached hydrogens (tertiary/aromatic N) is 2. The Bertz CT molecular complexity index is 473. The maximum absolute atomic E-state index is 11.9. The second-order valence-electron chi connectivity index (χ2n) is 4.06. The minimum atomic E-state index is -0.267. The first-order valence-electron chi connectivity index (χ1n) is 5.46. The smallest absolute Gasteiger partial charge is 0.235 e. The van der Waals surface area contributed by atoms with E-state index >= 15 is 0 Å². The van der Waals surface area contributed by atoms with E-state index in [-0.39, 0.29) is 18.2 Å². The lowest BCUT2D eigenvalue weighted by Gasteiger charge is -2.09. The minimum absolute atomic E-state index is 0.0322. The summed E-state index contributed by atoms with van der Waals surface area (Å²) in [5.41, 5.74) is 3.17. The molecule has 0 saturated heterocycles. The first-order valence-corrected chi connectivity index (χ1v) is 5.46. The van der Waals surface area contributed by atoms with Gasteiger partial charge in [0.05, 0.1) is 18.4 Å². The fourth-order valence-electron chi connectivity index (χ4n) is 2.18. The van der Waals surface area contributed by atoms with E-state index in [1.165, 1.54) is 5.56 Å². The van der Waals surface area contributed by atoms with Gasteiger partial charge in [0.1, 0.15) is 0 Å². The largest absolute Gasteiger partial charge is 0.315 e. The fourth-order valence-corrected chi connectivity index (χ4v) is 2.18. The van der Waals surface area contributed by atoms with Crippen LogP contribution < -0.4 is 4.90 Å². The molecule has 1 aromatic carbocycles. The van der Waals surface area contributed by atoms with Crippen molar-refractivity contribution in [1.29, 1.82) is 5.26 Å². The maximum atomic E-state index is 11.9. The second kappa shape index (κ2) is 3.97. The number of fused-ring (bicyclic) bond motifs is 1. The fraction of sp³-hybridized carbons (Fsp3) is 0.385. The molecule has 82 valence electrons. The van der Waals surface area contributed by atoms with E-state index in [0.29, 0.717) is 0 Å². The van der Waals surface area contributed by atoms with Gasteiger partial charge in [-0.3, -0.25) is 4.79 Å². The predicted molar refractivity (Wildman–Crippen MR) is 62.2 cm³/mol. The van der Waals surface area contributed by atoms with Crippen LogP contribution in [0.2, 0.25) is 0 Å². The van der Waals surface area contributed by atoms with Crippen molar-refractivity contribution in [2.75, 3.05) is 11.9 Å². The Balaban J connectivity index is 2.49. The predicted octanol–water partition coefficient (Wildman–Crippen LogP) is 2.22. The molecule has 1 heterocycles. The third-order valence-corrected chi connectivity index (χ3v) is 3.16. The molecule has 1 aliphatic heterocycles. The van der Waals surface area contributed by atoms with Crippen LogP contribution in [-0.2, 0) is 11.2 Å². The van der Waals surface area contributed by atoms with Gasteiger partial charge < -0.3 is 4.90 Å². The summed E-state index contributed by atoms with van der Waals surface area (Å²) in [6.07, 6.45) is 1.22. The van der Waals surface area contributed by atoms with Gasteiger partial charge in [-0.05, 0) is 23.6 Å². The Morgan fingerprint density at radius 2 is 2.25 bits per heavy atom. The molecule has 16 heavy (non-hydrogen) atoms. The molecule has 0 fully saturated rings. The molecule has 1 aliphatic rings. The van der Waals surface area contributed by atoms with Gasteiger partial charge in [0.25, 0.3) is 0 Å². The van der Waals surface area contributed by atoms with Crippen LogP contribution in [0, 0.1) is 11.3 Å². The third-order valence-electron chi connectivity index (χ3n) is 3.16. The summed E-state index contributed by atoms with van der Waals surface area (Å²) in [6.45, 7) is 2.08. The van der Waals surface area contributed by atoms with Crippen molar-refractivity contribution < 1.29 is 4.79 Å². The van der Waals surface area contributed by atoms with Gasteiger partial charge >= 0.3 is 0 Å². The van der Waals surface area contributed by atoms with E-state index in [9.17, 15) is 4.79 Å². The molecule has 2 rings (SSSR count). The lowest BCUT2D eigenvalue weighted by atomic mass is 9.96. The van der Waals surface area contributed by atoms with Crippen molar-refractivity contribution in [1.82, 2.24) is 0 Å². The number of nitriles is 1. The quantitative estimate of drug-likeness (QED) is 0.757. The van der Waals surface area contributed by atoms with Crippen LogP contribution in [-0.4, -0.2) is 13.0 Å². The van der Waals surface area contributed by atoms with Crippen LogP contribution in [0.25, 0.3) is 0 Å². The van der Waals surface area contributed by atoms with E-state index in [4.69, 9.17) is 5.26 Å². The number of benzene rings is 1. The van der Waals surface area contributed by atoms with Gasteiger partial charge in [0.2, 0.25) is 5.91 Å². The average Bonchev–Trinajstić information content (AvgIpc) is 2.54. The molecule has 1 amide bonds. The van der Waals surface area contributed by atoms with Gasteiger partial charge in [-0.15, -0.1) is 0 Å². The van der Waals surface area contributed by atoms with Gasteiger partial charge in [-0.25, -0.2) is 0 Å². The Labute approximate surface area is 95.3 Å². The van der Waals surface area contributed by atoms with Gasteiger partial charge in [-0.1, -0.05) is 19.1 Å². The molecule has 0 radical (unpaired) electrons. The van der Waals surface area contributed by atoms with Crippen LogP contribution >= 0.6 is 0 Å². The molecule has 0 bridgehead atoms. The van der Waals surface area contributed by atoms with Crippen LogP contribution in [0.5, 0.6) is 0 Å². The number of carbonyl (C=O) groups excluding carboxylic acids is 1. The molecule has 0 spiro atoms. The van der Waals surface area contributed by atoms with Gasteiger partial charge in [0, 0.05) is 12.7 Å². The van der Waals surface area contributed by atoms with Gasteiger partial charge in [-0.2, -0.15) is 5.26 Å². The zero-order chi connectivity index (χ0) is 11.7. The maximum Gasteiger partial charge on any atom is 0.235 e. The second-order valence-corrected chi connectivity index (χ2v) is 4.06.